The lowest BCUT2D eigenvalue weighted by Gasteiger charge is -2.12. The maximum atomic E-state index is 13.7. The Labute approximate surface area is 151 Å². The van der Waals surface area contributed by atoms with Crippen molar-refractivity contribution < 1.29 is 18.7 Å². The van der Waals surface area contributed by atoms with E-state index in [9.17, 15) is 9.18 Å². The van der Waals surface area contributed by atoms with Crippen LogP contribution in [0.5, 0.6) is 11.5 Å². The van der Waals surface area contributed by atoms with E-state index in [2.05, 4.69) is 16.2 Å². The van der Waals surface area contributed by atoms with Gasteiger partial charge in [-0.3, -0.25) is 4.79 Å². The minimum atomic E-state index is -0.518. The van der Waals surface area contributed by atoms with E-state index in [0.29, 0.717) is 18.7 Å². The number of hydrazine groups is 1. The Morgan fingerprint density at radius 2 is 2.00 bits per heavy atom. The number of ether oxygens (including phenoxy) is 2. The maximum Gasteiger partial charge on any atom is 0.242 e. The number of hydrogen-bond donors (Lipinski definition) is 3. The predicted molar refractivity (Wildman–Crippen MR) is 96.6 cm³/mol. The molecule has 2 atom stereocenters. The second kappa shape index (κ2) is 8.16. The van der Waals surface area contributed by atoms with Gasteiger partial charge in [-0.15, -0.1) is 0 Å². The zero-order chi connectivity index (χ0) is 18.5. The van der Waals surface area contributed by atoms with Gasteiger partial charge in [0.25, 0.3) is 0 Å². The van der Waals surface area contributed by atoms with Gasteiger partial charge in [-0.2, -0.15) is 0 Å². The van der Waals surface area contributed by atoms with Gasteiger partial charge in [-0.1, -0.05) is 12.1 Å². The third-order valence-electron chi connectivity index (χ3n) is 4.23. The van der Waals surface area contributed by atoms with Crippen LogP contribution in [0, 0.1) is 5.82 Å². The van der Waals surface area contributed by atoms with Crippen LogP contribution in [0.15, 0.2) is 42.5 Å². The molecule has 138 valence electrons. The van der Waals surface area contributed by atoms with Crippen molar-refractivity contribution in [3.8, 4) is 11.5 Å². The van der Waals surface area contributed by atoms with Crippen LogP contribution in [0.25, 0.3) is 0 Å². The monoisotopic (exact) mass is 359 g/mol. The van der Waals surface area contributed by atoms with Crippen molar-refractivity contribution >= 4 is 11.6 Å². The smallest absolute Gasteiger partial charge is 0.242 e. The van der Waals surface area contributed by atoms with E-state index in [4.69, 9.17) is 9.47 Å². The predicted octanol–water partition coefficient (Wildman–Crippen LogP) is 2.78. The lowest BCUT2D eigenvalue weighted by molar-refractivity contribution is -0.117. The number of carbonyl (C=O) groups is 1. The van der Waals surface area contributed by atoms with Crippen molar-refractivity contribution in [1.29, 1.82) is 0 Å². The normalized spacial score (nSPS) is 19.2. The first-order valence-electron chi connectivity index (χ1n) is 8.49. The van der Waals surface area contributed by atoms with E-state index < -0.39 is 11.9 Å². The highest BCUT2D eigenvalue weighted by molar-refractivity contribution is 5.95. The van der Waals surface area contributed by atoms with Crippen LogP contribution < -0.4 is 25.6 Å². The van der Waals surface area contributed by atoms with Gasteiger partial charge in [0.1, 0.15) is 11.8 Å². The Hall–Kier alpha value is -2.64. The van der Waals surface area contributed by atoms with Crippen molar-refractivity contribution in [1.82, 2.24) is 10.9 Å². The van der Waals surface area contributed by atoms with Crippen LogP contribution in [0.4, 0.5) is 10.1 Å². The topological polar surface area (TPSA) is 71.6 Å². The third-order valence-corrected chi connectivity index (χ3v) is 4.23. The molecule has 26 heavy (non-hydrogen) atoms. The average Bonchev–Trinajstić information content (AvgIpc) is 3.13. The molecule has 1 fully saturated rings. The highest BCUT2D eigenvalue weighted by Crippen LogP contribution is 2.25. The van der Waals surface area contributed by atoms with E-state index in [1.807, 2.05) is 31.2 Å². The van der Waals surface area contributed by atoms with Gasteiger partial charge < -0.3 is 14.8 Å². The van der Waals surface area contributed by atoms with E-state index in [-0.39, 0.29) is 17.7 Å². The maximum absolute atomic E-state index is 13.7. The molecule has 0 radical (unpaired) electrons. The fraction of sp³-hybridized carbons (Fsp3) is 0.316. The summed E-state index contributed by atoms with van der Waals surface area (Å²) in [6.45, 7) is 2.56. The summed E-state index contributed by atoms with van der Waals surface area (Å²) in [6.07, 6.45) is 0.582. The molecule has 2 aromatic rings. The molecule has 1 aliphatic heterocycles. The minimum absolute atomic E-state index is 0.00836. The van der Waals surface area contributed by atoms with Crippen LogP contribution >= 0.6 is 0 Å². The van der Waals surface area contributed by atoms with E-state index >= 15 is 0 Å². The summed E-state index contributed by atoms with van der Waals surface area (Å²) < 4.78 is 24.0. The van der Waals surface area contributed by atoms with E-state index in [1.165, 1.54) is 19.2 Å². The number of amides is 1. The summed E-state index contributed by atoms with van der Waals surface area (Å²) in [5.74, 6) is 0.211. The highest BCUT2D eigenvalue weighted by Gasteiger charge is 2.30. The second-order valence-corrected chi connectivity index (χ2v) is 5.97. The van der Waals surface area contributed by atoms with Gasteiger partial charge in [-0.25, -0.2) is 15.2 Å². The molecule has 1 amide bonds. The van der Waals surface area contributed by atoms with Crippen molar-refractivity contribution in [2.45, 2.75) is 25.4 Å². The molecular weight excluding hydrogens is 337 g/mol. The zero-order valence-corrected chi connectivity index (χ0v) is 14.7. The summed E-state index contributed by atoms with van der Waals surface area (Å²) in [6, 6.07) is 11.7. The number of rotatable bonds is 6. The van der Waals surface area contributed by atoms with Crippen LogP contribution in [-0.4, -0.2) is 25.7 Å². The fourth-order valence-corrected chi connectivity index (χ4v) is 2.88. The highest BCUT2D eigenvalue weighted by atomic mass is 19.1. The van der Waals surface area contributed by atoms with Crippen LogP contribution in [0.1, 0.15) is 24.9 Å². The molecule has 1 aliphatic rings. The Bertz CT molecular complexity index is 767. The summed E-state index contributed by atoms with van der Waals surface area (Å²) in [4.78, 5) is 12.4. The molecule has 2 unspecified atom stereocenters. The molecule has 1 saturated heterocycles. The molecule has 2 aromatic carbocycles. The van der Waals surface area contributed by atoms with Gasteiger partial charge in [0.15, 0.2) is 11.6 Å². The Morgan fingerprint density at radius 3 is 2.65 bits per heavy atom. The molecule has 0 bridgehead atoms. The first kappa shape index (κ1) is 18.2. The molecule has 0 aromatic heterocycles. The SMILES string of the molecule is CCOc1ccc(C2CC(C(=O)Nc3ccc(OC)c(F)c3)NN2)cc1. The van der Waals surface area contributed by atoms with Gasteiger partial charge in [-0.05, 0) is 43.2 Å². The molecule has 3 rings (SSSR count). The average molecular weight is 359 g/mol. The van der Waals surface area contributed by atoms with E-state index in [1.54, 1.807) is 6.07 Å². The number of nitrogens with one attached hydrogen (secondary N) is 3. The van der Waals surface area contributed by atoms with Gasteiger partial charge >= 0.3 is 0 Å². The quantitative estimate of drug-likeness (QED) is 0.740. The van der Waals surface area contributed by atoms with Crippen molar-refractivity contribution in [2.75, 3.05) is 19.0 Å². The molecule has 0 aliphatic carbocycles. The third kappa shape index (κ3) is 4.12. The van der Waals surface area contributed by atoms with Crippen molar-refractivity contribution in [3.05, 3.63) is 53.8 Å². The number of anilines is 1. The van der Waals surface area contributed by atoms with Crippen LogP contribution in [0.2, 0.25) is 0 Å². The first-order valence-corrected chi connectivity index (χ1v) is 8.49. The lowest BCUT2D eigenvalue weighted by atomic mass is 10.0. The standard InChI is InChI=1S/C19H22FN3O3/c1-3-26-14-7-4-12(5-8-14)16-11-17(23-22-16)19(24)21-13-6-9-18(25-2)15(20)10-13/h4-10,16-17,22-23H,3,11H2,1-2H3,(H,21,24). The fourth-order valence-electron chi connectivity index (χ4n) is 2.88. The van der Waals surface area contributed by atoms with Crippen molar-refractivity contribution in [2.24, 2.45) is 0 Å². The summed E-state index contributed by atoms with van der Waals surface area (Å²) in [5, 5.41) is 2.72. The van der Waals surface area contributed by atoms with Gasteiger partial charge in [0, 0.05) is 17.8 Å². The van der Waals surface area contributed by atoms with Crippen LogP contribution in [0.3, 0.4) is 0 Å². The molecule has 1 heterocycles. The number of benzene rings is 2. The minimum Gasteiger partial charge on any atom is -0.494 e. The molecule has 0 spiro atoms. The van der Waals surface area contributed by atoms with Gasteiger partial charge in [0.2, 0.25) is 5.91 Å². The zero-order valence-electron chi connectivity index (χ0n) is 14.7. The summed E-state index contributed by atoms with van der Waals surface area (Å²) >= 11 is 0. The Morgan fingerprint density at radius 1 is 1.23 bits per heavy atom. The second-order valence-electron chi connectivity index (χ2n) is 5.97. The Kier molecular flexibility index (Phi) is 5.70. The number of methoxy groups -OCH3 is 1. The molecule has 7 heteroatoms. The van der Waals surface area contributed by atoms with E-state index in [0.717, 1.165) is 11.3 Å². The number of carbonyl (C=O) groups excluding carboxylic acids is 1. The molecule has 6 nitrogen and oxygen atoms in total. The molecule has 0 saturated carbocycles. The first-order chi connectivity index (χ1) is 12.6. The molecular formula is C19H22FN3O3. The molecule has 3 N–H and O–H groups in total. The number of hydrogen-bond acceptors (Lipinski definition) is 5. The Balaban J connectivity index is 1.59. The summed E-state index contributed by atoms with van der Waals surface area (Å²) in [7, 11) is 1.39. The van der Waals surface area contributed by atoms with Crippen LogP contribution in [-0.2, 0) is 4.79 Å². The summed E-state index contributed by atoms with van der Waals surface area (Å²) in [5.41, 5.74) is 7.57. The van der Waals surface area contributed by atoms with Crippen molar-refractivity contribution in [3.63, 3.8) is 0 Å². The lowest BCUT2D eigenvalue weighted by Crippen LogP contribution is -2.39. The largest absolute Gasteiger partial charge is 0.494 e. The number of halogens is 1. The van der Waals surface area contributed by atoms with Gasteiger partial charge in [0.05, 0.1) is 13.7 Å².